The van der Waals surface area contributed by atoms with Crippen molar-refractivity contribution >= 4 is 11.6 Å². The third-order valence-electron chi connectivity index (χ3n) is 2.75. The highest BCUT2D eigenvalue weighted by atomic mass is 16.1. The van der Waals surface area contributed by atoms with Gasteiger partial charge in [0.25, 0.3) is 0 Å². The topological polar surface area (TPSA) is 34.1 Å². The Bertz CT molecular complexity index is 429. The summed E-state index contributed by atoms with van der Waals surface area (Å²) in [5, 5.41) is 0. The Morgan fingerprint density at radius 2 is 1.11 bits per heavy atom. The summed E-state index contributed by atoms with van der Waals surface area (Å²) in [6.45, 7) is 11.3. The molecule has 1 aromatic carbocycles. The molecule has 0 radical (unpaired) electrons. The van der Waals surface area contributed by atoms with Crippen LogP contribution in [0, 0.1) is 10.8 Å². The number of carbonyl (C=O) groups is 2. The van der Waals surface area contributed by atoms with Crippen molar-refractivity contribution in [3.8, 4) is 0 Å². The molecule has 0 fully saturated rings. The first kappa shape index (κ1) is 14.6. The number of rotatable bonds is 2. The number of Topliss-reactive ketones (excluding diaryl/α,β-unsaturated/α-hetero) is 2. The fourth-order valence-electron chi connectivity index (χ4n) is 1.67. The lowest BCUT2D eigenvalue weighted by molar-refractivity contribution is 0.0856. The third-order valence-corrected chi connectivity index (χ3v) is 2.75. The van der Waals surface area contributed by atoms with Gasteiger partial charge in [0.05, 0.1) is 0 Å². The van der Waals surface area contributed by atoms with Crippen molar-refractivity contribution in [1.29, 1.82) is 0 Å². The molecule has 0 heterocycles. The second-order valence-corrected chi connectivity index (χ2v) is 6.74. The van der Waals surface area contributed by atoms with E-state index in [2.05, 4.69) is 0 Å². The van der Waals surface area contributed by atoms with Gasteiger partial charge in [-0.25, -0.2) is 0 Å². The Morgan fingerprint density at radius 1 is 0.778 bits per heavy atom. The summed E-state index contributed by atoms with van der Waals surface area (Å²) < 4.78 is 0. The number of carbonyl (C=O) groups excluding carboxylic acids is 2. The molecule has 18 heavy (non-hydrogen) atoms. The zero-order chi connectivity index (χ0) is 14.1. The van der Waals surface area contributed by atoms with Crippen LogP contribution in [0.1, 0.15) is 62.3 Å². The van der Waals surface area contributed by atoms with E-state index in [4.69, 9.17) is 0 Å². The van der Waals surface area contributed by atoms with Gasteiger partial charge in [-0.15, -0.1) is 0 Å². The molecule has 0 aromatic heterocycles. The van der Waals surface area contributed by atoms with E-state index < -0.39 is 10.8 Å². The SMILES string of the molecule is CC(C)(C)C(=O)c1cccc(C(=O)C(C)(C)C)c1. The number of ketones is 2. The van der Waals surface area contributed by atoms with Crippen molar-refractivity contribution in [2.24, 2.45) is 10.8 Å². The highest BCUT2D eigenvalue weighted by Gasteiger charge is 2.26. The van der Waals surface area contributed by atoms with Crippen LogP contribution >= 0.6 is 0 Å². The summed E-state index contributed by atoms with van der Waals surface area (Å²) >= 11 is 0. The first-order chi connectivity index (χ1) is 8.03. The number of hydrogen-bond donors (Lipinski definition) is 0. The molecular weight excluding hydrogens is 224 g/mol. The van der Waals surface area contributed by atoms with Crippen molar-refractivity contribution < 1.29 is 9.59 Å². The highest BCUT2D eigenvalue weighted by molar-refractivity contribution is 6.04. The van der Waals surface area contributed by atoms with Crippen LogP contribution in [0.4, 0.5) is 0 Å². The van der Waals surface area contributed by atoms with Gasteiger partial charge in [0.1, 0.15) is 0 Å². The van der Waals surface area contributed by atoms with Crippen LogP contribution in [0.25, 0.3) is 0 Å². The fourth-order valence-corrected chi connectivity index (χ4v) is 1.67. The van der Waals surface area contributed by atoms with Gasteiger partial charge in [0.15, 0.2) is 11.6 Å². The van der Waals surface area contributed by atoms with Crippen LogP contribution in [0.2, 0.25) is 0 Å². The van der Waals surface area contributed by atoms with Crippen LogP contribution in [0.15, 0.2) is 24.3 Å². The fraction of sp³-hybridized carbons (Fsp3) is 0.500. The smallest absolute Gasteiger partial charge is 0.168 e. The first-order valence-electron chi connectivity index (χ1n) is 6.23. The predicted octanol–water partition coefficient (Wildman–Crippen LogP) is 4.14. The van der Waals surface area contributed by atoms with E-state index in [1.54, 1.807) is 24.3 Å². The molecule has 1 rings (SSSR count). The molecule has 0 saturated carbocycles. The lowest BCUT2D eigenvalue weighted by atomic mass is 9.83. The lowest BCUT2D eigenvalue weighted by Crippen LogP contribution is -2.23. The molecule has 0 spiro atoms. The van der Waals surface area contributed by atoms with E-state index in [1.807, 2.05) is 41.5 Å². The van der Waals surface area contributed by atoms with Gasteiger partial charge in [0, 0.05) is 22.0 Å². The van der Waals surface area contributed by atoms with Crippen molar-refractivity contribution in [2.75, 3.05) is 0 Å². The predicted molar refractivity (Wildman–Crippen MR) is 74.0 cm³/mol. The average Bonchev–Trinajstić information content (AvgIpc) is 2.24. The lowest BCUT2D eigenvalue weighted by Gasteiger charge is -2.19. The molecule has 0 aliphatic heterocycles. The third kappa shape index (κ3) is 3.28. The summed E-state index contributed by atoms with van der Waals surface area (Å²) in [4.78, 5) is 24.4. The maximum atomic E-state index is 12.2. The Morgan fingerprint density at radius 3 is 1.39 bits per heavy atom. The molecule has 1 aromatic rings. The molecule has 0 unspecified atom stereocenters. The summed E-state index contributed by atoms with van der Waals surface area (Å²) in [6, 6.07) is 7.03. The van der Waals surface area contributed by atoms with Crippen molar-refractivity contribution in [3.05, 3.63) is 35.4 Å². The number of hydrogen-bond acceptors (Lipinski definition) is 2. The Balaban J connectivity index is 3.16. The van der Waals surface area contributed by atoms with Gasteiger partial charge in [-0.1, -0.05) is 59.7 Å². The molecule has 0 aliphatic rings. The Labute approximate surface area is 109 Å². The standard InChI is InChI=1S/C16H22O2/c1-15(2,3)13(17)11-8-7-9-12(10-11)14(18)16(4,5)6/h7-10H,1-6H3. The minimum Gasteiger partial charge on any atom is -0.294 e. The quantitative estimate of drug-likeness (QED) is 0.735. The van der Waals surface area contributed by atoms with E-state index in [9.17, 15) is 9.59 Å². The van der Waals surface area contributed by atoms with Gasteiger partial charge < -0.3 is 0 Å². The zero-order valence-corrected chi connectivity index (χ0v) is 12.1. The average molecular weight is 246 g/mol. The molecule has 0 aliphatic carbocycles. The summed E-state index contributed by atoms with van der Waals surface area (Å²) in [6.07, 6.45) is 0. The van der Waals surface area contributed by atoms with Gasteiger partial charge in [-0.05, 0) is 6.07 Å². The first-order valence-corrected chi connectivity index (χ1v) is 6.23. The van der Waals surface area contributed by atoms with Crippen LogP contribution < -0.4 is 0 Å². The highest BCUT2D eigenvalue weighted by Crippen LogP contribution is 2.24. The van der Waals surface area contributed by atoms with Crippen LogP contribution in [-0.4, -0.2) is 11.6 Å². The number of benzene rings is 1. The monoisotopic (exact) mass is 246 g/mol. The minimum atomic E-state index is -0.427. The molecular formula is C16H22O2. The van der Waals surface area contributed by atoms with Crippen molar-refractivity contribution in [1.82, 2.24) is 0 Å². The van der Waals surface area contributed by atoms with Gasteiger partial charge >= 0.3 is 0 Å². The van der Waals surface area contributed by atoms with E-state index >= 15 is 0 Å². The molecule has 98 valence electrons. The molecule has 0 N–H and O–H groups in total. The largest absolute Gasteiger partial charge is 0.294 e. The molecule has 0 bridgehead atoms. The van der Waals surface area contributed by atoms with Gasteiger partial charge in [-0.2, -0.15) is 0 Å². The van der Waals surface area contributed by atoms with E-state index in [0.29, 0.717) is 11.1 Å². The van der Waals surface area contributed by atoms with E-state index in [0.717, 1.165) is 0 Å². The molecule has 2 nitrogen and oxygen atoms in total. The van der Waals surface area contributed by atoms with Crippen molar-refractivity contribution in [2.45, 2.75) is 41.5 Å². The summed E-state index contributed by atoms with van der Waals surface area (Å²) in [7, 11) is 0. The maximum absolute atomic E-state index is 12.2. The summed E-state index contributed by atoms with van der Waals surface area (Å²) in [5.74, 6) is 0.122. The normalized spacial score (nSPS) is 12.3. The zero-order valence-electron chi connectivity index (χ0n) is 12.1. The molecule has 0 atom stereocenters. The Kier molecular flexibility index (Phi) is 3.80. The van der Waals surface area contributed by atoms with Gasteiger partial charge in [0.2, 0.25) is 0 Å². The second-order valence-electron chi connectivity index (χ2n) is 6.74. The van der Waals surface area contributed by atoms with Crippen LogP contribution in [-0.2, 0) is 0 Å². The molecule has 0 saturated heterocycles. The molecule has 2 heteroatoms. The summed E-state index contributed by atoms with van der Waals surface area (Å²) in [5.41, 5.74) is 0.363. The van der Waals surface area contributed by atoms with Crippen LogP contribution in [0.3, 0.4) is 0 Å². The van der Waals surface area contributed by atoms with Crippen LogP contribution in [0.5, 0.6) is 0 Å². The van der Waals surface area contributed by atoms with Gasteiger partial charge in [-0.3, -0.25) is 9.59 Å². The van der Waals surface area contributed by atoms with E-state index in [1.165, 1.54) is 0 Å². The Hall–Kier alpha value is -1.44. The second kappa shape index (κ2) is 4.68. The van der Waals surface area contributed by atoms with Crippen molar-refractivity contribution in [3.63, 3.8) is 0 Å². The molecule has 0 amide bonds. The van der Waals surface area contributed by atoms with E-state index in [-0.39, 0.29) is 11.6 Å². The maximum Gasteiger partial charge on any atom is 0.168 e. The minimum absolute atomic E-state index is 0.0612.